The molecule has 0 bridgehead atoms. The molecule has 0 aromatic rings. The number of hydrogen-bond acceptors (Lipinski definition) is 1. The van der Waals surface area contributed by atoms with E-state index in [4.69, 9.17) is 12.2 Å². The van der Waals surface area contributed by atoms with Crippen LogP contribution in [0, 0.1) is 11.8 Å². The first kappa shape index (κ1) is 10.8. The fourth-order valence-electron chi connectivity index (χ4n) is 1.27. The van der Waals surface area contributed by atoms with Crippen molar-refractivity contribution in [2.75, 3.05) is 6.54 Å². The molecule has 1 unspecified atom stereocenters. The van der Waals surface area contributed by atoms with Gasteiger partial charge in [0.2, 0.25) is 0 Å². The molecule has 1 fully saturated rings. The molecule has 2 nitrogen and oxygen atoms in total. The van der Waals surface area contributed by atoms with E-state index in [1.165, 1.54) is 12.8 Å². The highest BCUT2D eigenvalue weighted by Crippen LogP contribution is 2.32. The molecule has 0 aromatic carbocycles. The Bertz CT molecular complexity index is 176. The van der Waals surface area contributed by atoms with Gasteiger partial charge < -0.3 is 10.6 Å². The first-order valence-corrected chi connectivity index (χ1v) is 5.54. The topological polar surface area (TPSA) is 24.1 Å². The minimum Gasteiger partial charge on any atom is -0.362 e. The summed E-state index contributed by atoms with van der Waals surface area (Å²) in [4.78, 5) is 0. The molecule has 1 aliphatic rings. The summed E-state index contributed by atoms with van der Waals surface area (Å²) in [5, 5.41) is 7.35. The molecule has 0 spiro atoms. The molecule has 1 atom stereocenters. The van der Waals surface area contributed by atoms with E-state index in [0.29, 0.717) is 12.0 Å². The molecular formula is C10H20N2S. The van der Waals surface area contributed by atoms with Crippen molar-refractivity contribution in [2.45, 2.75) is 39.7 Å². The smallest absolute Gasteiger partial charge is 0.166 e. The standard InChI is InChI=1S/C10H20N2S/c1-7(2)6-11-10(13)12-8(3)9-4-5-9/h7-9H,4-6H2,1-3H3,(H2,11,12,13). The van der Waals surface area contributed by atoms with Crippen molar-refractivity contribution in [2.24, 2.45) is 11.8 Å². The predicted molar refractivity (Wildman–Crippen MR) is 60.8 cm³/mol. The van der Waals surface area contributed by atoms with E-state index in [-0.39, 0.29) is 0 Å². The lowest BCUT2D eigenvalue weighted by molar-refractivity contribution is 0.566. The van der Waals surface area contributed by atoms with E-state index in [0.717, 1.165) is 17.6 Å². The van der Waals surface area contributed by atoms with Gasteiger partial charge in [-0.25, -0.2) is 0 Å². The van der Waals surface area contributed by atoms with Crippen LogP contribution >= 0.6 is 12.2 Å². The first-order valence-electron chi connectivity index (χ1n) is 5.14. The summed E-state index contributed by atoms with van der Waals surface area (Å²) >= 11 is 5.17. The average Bonchev–Trinajstić information content (AvgIpc) is 2.82. The van der Waals surface area contributed by atoms with Gasteiger partial charge in [0.1, 0.15) is 0 Å². The summed E-state index contributed by atoms with van der Waals surface area (Å²) < 4.78 is 0. The summed E-state index contributed by atoms with van der Waals surface area (Å²) in [5.74, 6) is 1.51. The fourth-order valence-corrected chi connectivity index (χ4v) is 1.54. The van der Waals surface area contributed by atoms with Gasteiger partial charge in [0.05, 0.1) is 0 Å². The molecule has 2 N–H and O–H groups in total. The van der Waals surface area contributed by atoms with Crippen molar-refractivity contribution in [1.82, 2.24) is 10.6 Å². The Balaban J connectivity index is 2.09. The second kappa shape index (κ2) is 4.80. The summed E-state index contributed by atoms with van der Waals surface area (Å²) in [6, 6.07) is 0.548. The summed E-state index contributed by atoms with van der Waals surface area (Å²) in [7, 11) is 0. The molecule has 3 heteroatoms. The zero-order chi connectivity index (χ0) is 9.84. The lowest BCUT2D eigenvalue weighted by Gasteiger charge is -2.17. The fraction of sp³-hybridized carbons (Fsp3) is 0.900. The monoisotopic (exact) mass is 200 g/mol. The van der Waals surface area contributed by atoms with Crippen LogP contribution in [0.5, 0.6) is 0 Å². The van der Waals surface area contributed by atoms with Crippen LogP contribution in [-0.4, -0.2) is 17.7 Å². The third-order valence-corrected chi connectivity index (χ3v) is 2.62. The lowest BCUT2D eigenvalue weighted by atomic mass is 10.2. The van der Waals surface area contributed by atoms with Gasteiger partial charge in [-0.3, -0.25) is 0 Å². The van der Waals surface area contributed by atoms with E-state index in [9.17, 15) is 0 Å². The Labute approximate surface area is 86.5 Å². The van der Waals surface area contributed by atoms with E-state index < -0.39 is 0 Å². The van der Waals surface area contributed by atoms with Crippen molar-refractivity contribution in [3.63, 3.8) is 0 Å². The van der Waals surface area contributed by atoms with E-state index in [1.807, 2.05) is 0 Å². The second-order valence-corrected chi connectivity index (χ2v) is 4.78. The Morgan fingerprint density at radius 2 is 2.00 bits per heavy atom. The molecule has 0 heterocycles. The average molecular weight is 200 g/mol. The van der Waals surface area contributed by atoms with Gasteiger partial charge in [0.15, 0.2) is 5.11 Å². The number of hydrogen-bond donors (Lipinski definition) is 2. The molecule has 0 amide bonds. The molecule has 1 aliphatic carbocycles. The highest BCUT2D eigenvalue weighted by atomic mass is 32.1. The third kappa shape index (κ3) is 4.46. The normalized spacial score (nSPS) is 18.5. The SMILES string of the molecule is CC(C)CNC(=S)NC(C)C1CC1. The zero-order valence-corrected chi connectivity index (χ0v) is 9.58. The second-order valence-electron chi connectivity index (χ2n) is 4.37. The van der Waals surface area contributed by atoms with E-state index >= 15 is 0 Å². The molecule has 76 valence electrons. The Morgan fingerprint density at radius 1 is 1.38 bits per heavy atom. The summed E-state index contributed by atoms with van der Waals surface area (Å²) in [6.45, 7) is 7.53. The van der Waals surface area contributed by atoms with Crippen LogP contribution in [0.15, 0.2) is 0 Å². The number of nitrogens with one attached hydrogen (secondary N) is 2. The molecule has 13 heavy (non-hydrogen) atoms. The summed E-state index contributed by atoms with van der Waals surface area (Å²) in [5.41, 5.74) is 0. The minimum atomic E-state index is 0.548. The van der Waals surface area contributed by atoms with E-state index in [1.54, 1.807) is 0 Å². The van der Waals surface area contributed by atoms with Gasteiger partial charge in [0.25, 0.3) is 0 Å². The molecule has 1 rings (SSSR count). The van der Waals surface area contributed by atoms with Crippen LogP contribution in [-0.2, 0) is 0 Å². The Morgan fingerprint density at radius 3 is 2.46 bits per heavy atom. The highest BCUT2D eigenvalue weighted by Gasteiger charge is 2.28. The van der Waals surface area contributed by atoms with Crippen molar-refractivity contribution >= 4 is 17.3 Å². The minimum absolute atomic E-state index is 0.548. The van der Waals surface area contributed by atoms with Crippen LogP contribution in [0.3, 0.4) is 0 Å². The number of rotatable bonds is 4. The molecular weight excluding hydrogens is 180 g/mol. The maximum atomic E-state index is 5.17. The van der Waals surface area contributed by atoms with Crippen LogP contribution in [0.25, 0.3) is 0 Å². The van der Waals surface area contributed by atoms with Gasteiger partial charge >= 0.3 is 0 Å². The van der Waals surface area contributed by atoms with Crippen LogP contribution in [0.1, 0.15) is 33.6 Å². The zero-order valence-electron chi connectivity index (χ0n) is 8.76. The first-order chi connectivity index (χ1) is 6.09. The summed E-state index contributed by atoms with van der Waals surface area (Å²) in [6.07, 6.45) is 2.72. The van der Waals surface area contributed by atoms with Crippen molar-refractivity contribution < 1.29 is 0 Å². The predicted octanol–water partition coefficient (Wildman–Crippen LogP) is 1.91. The molecule has 0 aromatic heterocycles. The Kier molecular flexibility index (Phi) is 3.97. The number of thiocarbonyl (C=S) groups is 1. The lowest BCUT2D eigenvalue weighted by Crippen LogP contribution is -2.42. The molecule has 0 saturated heterocycles. The van der Waals surface area contributed by atoms with Crippen molar-refractivity contribution in [3.8, 4) is 0 Å². The third-order valence-electron chi connectivity index (χ3n) is 2.36. The quantitative estimate of drug-likeness (QED) is 0.678. The van der Waals surface area contributed by atoms with Crippen LogP contribution in [0.2, 0.25) is 0 Å². The molecule has 1 saturated carbocycles. The molecule has 0 radical (unpaired) electrons. The van der Waals surface area contributed by atoms with Crippen molar-refractivity contribution in [3.05, 3.63) is 0 Å². The van der Waals surface area contributed by atoms with Crippen LogP contribution in [0.4, 0.5) is 0 Å². The van der Waals surface area contributed by atoms with Crippen LogP contribution < -0.4 is 10.6 Å². The maximum absolute atomic E-state index is 5.17. The van der Waals surface area contributed by atoms with Gasteiger partial charge in [0, 0.05) is 12.6 Å². The van der Waals surface area contributed by atoms with Gasteiger partial charge in [-0.2, -0.15) is 0 Å². The Hall–Kier alpha value is -0.310. The van der Waals surface area contributed by atoms with Gasteiger partial charge in [-0.1, -0.05) is 13.8 Å². The van der Waals surface area contributed by atoms with Gasteiger partial charge in [-0.05, 0) is 43.8 Å². The van der Waals surface area contributed by atoms with E-state index in [2.05, 4.69) is 31.4 Å². The largest absolute Gasteiger partial charge is 0.362 e. The van der Waals surface area contributed by atoms with Crippen molar-refractivity contribution in [1.29, 1.82) is 0 Å². The molecule has 0 aliphatic heterocycles. The maximum Gasteiger partial charge on any atom is 0.166 e. The van der Waals surface area contributed by atoms with Gasteiger partial charge in [-0.15, -0.1) is 0 Å². The highest BCUT2D eigenvalue weighted by molar-refractivity contribution is 7.80.